The van der Waals surface area contributed by atoms with Crippen LogP contribution in [0.25, 0.3) is 0 Å². The van der Waals surface area contributed by atoms with Crippen LogP contribution >= 0.6 is 0 Å². The predicted molar refractivity (Wildman–Crippen MR) is 53.0 cm³/mol. The van der Waals surface area contributed by atoms with Crippen LogP contribution in [0.1, 0.15) is 34.1 Å². The second kappa shape index (κ2) is 5.76. The fraction of sp³-hybridized carbons (Fsp3) is 0.545. The Morgan fingerprint density at radius 3 is 2.33 bits per heavy atom. The predicted octanol–water partition coefficient (Wildman–Crippen LogP) is 3.12. The zero-order chi connectivity index (χ0) is 9.56. The van der Waals surface area contributed by atoms with Gasteiger partial charge in [0.15, 0.2) is 0 Å². The third kappa shape index (κ3) is 4.89. The number of carbonyl (C=O) groups is 1. The molecule has 0 aromatic rings. The van der Waals surface area contributed by atoms with E-state index in [2.05, 4.69) is 26.8 Å². The number of carbonyl (C=O) groups excluding carboxylic acids is 1. The molecule has 0 fully saturated rings. The van der Waals surface area contributed by atoms with Crippen molar-refractivity contribution in [2.45, 2.75) is 34.1 Å². The van der Waals surface area contributed by atoms with Crippen LogP contribution in [-0.2, 0) is 4.79 Å². The third-order valence-corrected chi connectivity index (χ3v) is 1.99. The molecule has 1 nitrogen and oxygen atoms in total. The highest BCUT2D eigenvalue weighted by Crippen LogP contribution is 2.14. The summed E-state index contributed by atoms with van der Waals surface area (Å²) < 4.78 is 0. The van der Waals surface area contributed by atoms with Crippen LogP contribution in [0.5, 0.6) is 0 Å². The van der Waals surface area contributed by atoms with Gasteiger partial charge in [0.2, 0.25) is 0 Å². The standard InChI is InChI=1S/C11H18O/c1-9(2)5-6-10(3)11(4)7-8-12/h5,7-8,10H,6H2,1-4H3. The minimum absolute atomic E-state index is 0.477. The second-order valence-corrected chi connectivity index (χ2v) is 3.46. The van der Waals surface area contributed by atoms with Gasteiger partial charge in [-0.1, -0.05) is 24.1 Å². The van der Waals surface area contributed by atoms with E-state index in [1.165, 1.54) is 5.57 Å². The lowest BCUT2D eigenvalue weighted by molar-refractivity contribution is -0.104. The number of allylic oxidation sites excluding steroid dienone is 4. The van der Waals surface area contributed by atoms with Crippen molar-refractivity contribution < 1.29 is 4.79 Å². The maximum atomic E-state index is 10.2. The van der Waals surface area contributed by atoms with Crippen molar-refractivity contribution in [1.29, 1.82) is 0 Å². The average Bonchev–Trinajstić information content (AvgIpc) is 2.00. The van der Waals surface area contributed by atoms with Gasteiger partial charge >= 0.3 is 0 Å². The minimum atomic E-state index is 0.477. The lowest BCUT2D eigenvalue weighted by Gasteiger charge is -2.08. The van der Waals surface area contributed by atoms with Gasteiger partial charge in [0, 0.05) is 0 Å². The summed E-state index contributed by atoms with van der Waals surface area (Å²) in [6.45, 7) is 8.31. The molecule has 0 aliphatic heterocycles. The van der Waals surface area contributed by atoms with Crippen LogP contribution in [-0.4, -0.2) is 6.29 Å². The fourth-order valence-electron chi connectivity index (χ4n) is 0.870. The van der Waals surface area contributed by atoms with Crippen molar-refractivity contribution in [3.8, 4) is 0 Å². The highest BCUT2D eigenvalue weighted by molar-refractivity contribution is 5.66. The molecule has 1 unspecified atom stereocenters. The number of aldehydes is 1. The largest absolute Gasteiger partial charge is 0.299 e. The Hall–Kier alpha value is -0.850. The van der Waals surface area contributed by atoms with Crippen LogP contribution in [0.4, 0.5) is 0 Å². The van der Waals surface area contributed by atoms with Gasteiger partial charge in [-0.2, -0.15) is 0 Å². The van der Waals surface area contributed by atoms with Gasteiger partial charge in [0.1, 0.15) is 6.29 Å². The Labute approximate surface area is 75.2 Å². The maximum absolute atomic E-state index is 10.2. The van der Waals surface area contributed by atoms with Gasteiger partial charge in [0.05, 0.1) is 0 Å². The molecule has 0 radical (unpaired) electrons. The SMILES string of the molecule is CC(C)=CCC(C)C(C)=CC=O. The van der Waals surface area contributed by atoms with Gasteiger partial charge < -0.3 is 0 Å². The van der Waals surface area contributed by atoms with E-state index in [-0.39, 0.29) is 0 Å². The van der Waals surface area contributed by atoms with Gasteiger partial charge in [-0.3, -0.25) is 4.79 Å². The molecule has 0 rings (SSSR count). The molecule has 1 heteroatoms. The van der Waals surface area contributed by atoms with Crippen LogP contribution in [0.2, 0.25) is 0 Å². The Kier molecular flexibility index (Phi) is 5.35. The Bertz CT molecular complexity index is 195. The molecule has 0 aromatic carbocycles. The van der Waals surface area contributed by atoms with E-state index >= 15 is 0 Å². The quantitative estimate of drug-likeness (QED) is 0.356. The first-order valence-electron chi connectivity index (χ1n) is 4.33. The molecule has 68 valence electrons. The first-order chi connectivity index (χ1) is 5.57. The summed E-state index contributed by atoms with van der Waals surface area (Å²) in [4.78, 5) is 10.2. The summed E-state index contributed by atoms with van der Waals surface area (Å²) in [6, 6.07) is 0. The van der Waals surface area contributed by atoms with Crippen LogP contribution < -0.4 is 0 Å². The number of rotatable bonds is 4. The summed E-state index contributed by atoms with van der Waals surface area (Å²) >= 11 is 0. The molecule has 0 spiro atoms. The molecule has 0 aliphatic rings. The van der Waals surface area contributed by atoms with Crippen molar-refractivity contribution in [2.24, 2.45) is 5.92 Å². The molecule has 0 aliphatic carbocycles. The zero-order valence-electron chi connectivity index (χ0n) is 8.42. The lowest BCUT2D eigenvalue weighted by Crippen LogP contribution is -1.94. The number of hydrogen-bond donors (Lipinski definition) is 0. The summed E-state index contributed by atoms with van der Waals surface area (Å²) in [5, 5.41) is 0. The van der Waals surface area contributed by atoms with E-state index in [4.69, 9.17) is 0 Å². The molecule has 0 saturated heterocycles. The van der Waals surface area contributed by atoms with Crippen LogP contribution in [0.15, 0.2) is 23.3 Å². The second-order valence-electron chi connectivity index (χ2n) is 3.46. The van der Waals surface area contributed by atoms with Gasteiger partial charge in [0.25, 0.3) is 0 Å². The molecule has 0 N–H and O–H groups in total. The van der Waals surface area contributed by atoms with E-state index in [9.17, 15) is 4.79 Å². The molecule has 0 saturated carbocycles. The van der Waals surface area contributed by atoms with Crippen LogP contribution in [0.3, 0.4) is 0 Å². The first-order valence-corrected chi connectivity index (χ1v) is 4.33. The Morgan fingerprint density at radius 1 is 1.33 bits per heavy atom. The average molecular weight is 166 g/mol. The highest BCUT2D eigenvalue weighted by atomic mass is 16.1. The first kappa shape index (κ1) is 11.2. The van der Waals surface area contributed by atoms with Crippen LogP contribution in [0, 0.1) is 5.92 Å². The van der Waals surface area contributed by atoms with Crippen molar-refractivity contribution in [3.05, 3.63) is 23.3 Å². The molecule has 1 atom stereocenters. The number of hydrogen-bond acceptors (Lipinski definition) is 1. The highest BCUT2D eigenvalue weighted by Gasteiger charge is 2.00. The van der Waals surface area contributed by atoms with Crippen molar-refractivity contribution in [2.75, 3.05) is 0 Å². The molecule has 12 heavy (non-hydrogen) atoms. The van der Waals surface area contributed by atoms with Crippen molar-refractivity contribution in [1.82, 2.24) is 0 Å². The molecule has 0 heterocycles. The Balaban J connectivity index is 4.04. The summed E-state index contributed by atoms with van der Waals surface area (Å²) in [5.41, 5.74) is 2.49. The van der Waals surface area contributed by atoms with Gasteiger partial charge in [-0.25, -0.2) is 0 Å². The minimum Gasteiger partial charge on any atom is -0.299 e. The van der Waals surface area contributed by atoms with E-state index in [1.54, 1.807) is 6.08 Å². The topological polar surface area (TPSA) is 17.1 Å². The molecule has 0 amide bonds. The van der Waals surface area contributed by atoms with E-state index in [0.29, 0.717) is 5.92 Å². The third-order valence-electron chi connectivity index (χ3n) is 1.99. The zero-order valence-corrected chi connectivity index (χ0v) is 8.42. The van der Waals surface area contributed by atoms with Gasteiger partial charge in [-0.15, -0.1) is 0 Å². The summed E-state index contributed by atoms with van der Waals surface area (Å²) in [5.74, 6) is 0.477. The van der Waals surface area contributed by atoms with E-state index in [1.807, 2.05) is 6.92 Å². The van der Waals surface area contributed by atoms with E-state index in [0.717, 1.165) is 18.3 Å². The lowest BCUT2D eigenvalue weighted by atomic mass is 9.98. The molecule has 0 bridgehead atoms. The molecular formula is C11H18O. The molecular weight excluding hydrogens is 148 g/mol. The normalized spacial score (nSPS) is 13.8. The van der Waals surface area contributed by atoms with Gasteiger partial charge in [-0.05, 0) is 39.2 Å². The van der Waals surface area contributed by atoms with E-state index < -0.39 is 0 Å². The van der Waals surface area contributed by atoms with Crippen molar-refractivity contribution in [3.63, 3.8) is 0 Å². The molecule has 0 aromatic heterocycles. The summed E-state index contributed by atoms with van der Waals surface area (Å²) in [7, 11) is 0. The monoisotopic (exact) mass is 166 g/mol. The maximum Gasteiger partial charge on any atom is 0.142 e. The smallest absolute Gasteiger partial charge is 0.142 e. The fourth-order valence-corrected chi connectivity index (χ4v) is 0.870. The summed E-state index contributed by atoms with van der Waals surface area (Å²) in [6.07, 6.45) is 5.73. The van der Waals surface area contributed by atoms with Crippen molar-refractivity contribution >= 4 is 6.29 Å². The Morgan fingerprint density at radius 2 is 1.92 bits per heavy atom.